The van der Waals surface area contributed by atoms with E-state index in [1.165, 1.54) is 17.7 Å². The standard InChI is InChI=1S/C20H26N4O/c25-19(22-20(10-5-11-20)17-7-2-1-3-8-17)15-24-13-4-6-16(14-24)18-9-12-21-23-18/h1-3,7-9,12,16H,4-6,10-11,13-15H2,(H,21,23)(H,22,25). The van der Waals surface area contributed by atoms with Crippen LogP contribution in [-0.4, -0.2) is 40.6 Å². The third-order valence-corrected chi connectivity index (χ3v) is 5.75. The van der Waals surface area contributed by atoms with Gasteiger partial charge in [-0.1, -0.05) is 30.3 Å². The fourth-order valence-electron chi connectivity index (χ4n) is 4.23. The first kappa shape index (κ1) is 16.3. The molecule has 5 nitrogen and oxygen atoms in total. The van der Waals surface area contributed by atoms with Crippen LogP contribution in [0.5, 0.6) is 0 Å². The average molecular weight is 338 g/mol. The Morgan fingerprint density at radius 3 is 2.76 bits per heavy atom. The highest BCUT2D eigenvalue weighted by Gasteiger charge is 2.40. The largest absolute Gasteiger partial charge is 0.345 e. The monoisotopic (exact) mass is 338 g/mol. The molecule has 2 aromatic rings. The lowest BCUT2D eigenvalue weighted by Crippen LogP contribution is -2.53. The van der Waals surface area contributed by atoms with Crippen molar-refractivity contribution in [2.45, 2.75) is 43.6 Å². The summed E-state index contributed by atoms with van der Waals surface area (Å²) < 4.78 is 0. The molecular weight excluding hydrogens is 312 g/mol. The van der Waals surface area contributed by atoms with Gasteiger partial charge in [0, 0.05) is 24.4 Å². The molecule has 1 aliphatic carbocycles. The predicted octanol–water partition coefficient (Wildman–Crippen LogP) is 2.78. The summed E-state index contributed by atoms with van der Waals surface area (Å²) in [7, 11) is 0. The molecule has 2 aliphatic rings. The van der Waals surface area contributed by atoms with Crippen LogP contribution in [0, 0.1) is 0 Å². The average Bonchev–Trinajstić information content (AvgIpc) is 3.14. The molecule has 0 bridgehead atoms. The molecule has 1 saturated heterocycles. The highest BCUT2D eigenvalue weighted by atomic mass is 16.2. The van der Waals surface area contributed by atoms with Crippen LogP contribution in [0.1, 0.15) is 49.3 Å². The van der Waals surface area contributed by atoms with Crippen molar-refractivity contribution in [3.05, 3.63) is 53.9 Å². The second-order valence-corrected chi connectivity index (χ2v) is 7.44. The first-order chi connectivity index (χ1) is 12.3. The normalized spacial score (nSPS) is 23.0. The molecule has 4 rings (SSSR count). The van der Waals surface area contributed by atoms with Crippen LogP contribution >= 0.6 is 0 Å². The molecule has 0 spiro atoms. The van der Waals surface area contributed by atoms with Crippen molar-refractivity contribution in [1.29, 1.82) is 0 Å². The van der Waals surface area contributed by atoms with E-state index in [1.807, 2.05) is 12.1 Å². The van der Waals surface area contributed by atoms with Crippen LogP contribution in [0.15, 0.2) is 42.6 Å². The van der Waals surface area contributed by atoms with Crippen molar-refractivity contribution < 1.29 is 4.79 Å². The van der Waals surface area contributed by atoms with Gasteiger partial charge in [-0.05, 0) is 50.3 Å². The molecule has 1 aliphatic heterocycles. The predicted molar refractivity (Wildman–Crippen MR) is 97.1 cm³/mol. The molecule has 1 aromatic heterocycles. The molecule has 1 unspecified atom stereocenters. The van der Waals surface area contributed by atoms with Crippen molar-refractivity contribution in [1.82, 2.24) is 20.4 Å². The summed E-state index contributed by atoms with van der Waals surface area (Å²) in [6.07, 6.45) is 7.36. The third-order valence-electron chi connectivity index (χ3n) is 5.75. The van der Waals surface area contributed by atoms with Crippen LogP contribution in [0.4, 0.5) is 0 Å². The number of rotatable bonds is 5. The zero-order valence-electron chi connectivity index (χ0n) is 14.6. The van der Waals surface area contributed by atoms with Crippen molar-refractivity contribution in [2.75, 3.05) is 19.6 Å². The SMILES string of the molecule is O=C(CN1CCCC(c2ccn[nH]2)C1)NC1(c2ccccc2)CCC1. The smallest absolute Gasteiger partial charge is 0.234 e. The Balaban J connectivity index is 1.37. The molecule has 1 amide bonds. The zero-order chi connectivity index (χ0) is 17.1. The number of H-pyrrole nitrogens is 1. The Kier molecular flexibility index (Phi) is 4.57. The number of aromatic nitrogens is 2. The molecule has 25 heavy (non-hydrogen) atoms. The molecule has 1 atom stereocenters. The van der Waals surface area contributed by atoms with Crippen molar-refractivity contribution in [2.24, 2.45) is 0 Å². The molecule has 5 heteroatoms. The lowest BCUT2D eigenvalue weighted by molar-refractivity contribution is -0.125. The van der Waals surface area contributed by atoms with Crippen LogP contribution in [0.3, 0.4) is 0 Å². The number of amides is 1. The van der Waals surface area contributed by atoms with Gasteiger partial charge in [0.05, 0.1) is 12.1 Å². The summed E-state index contributed by atoms with van der Waals surface area (Å²) in [4.78, 5) is 15.0. The minimum Gasteiger partial charge on any atom is -0.345 e. The van der Waals surface area contributed by atoms with E-state index < -0.39 is 0 Å². The summed E-state index contributed by atoms with van der Waals surface area (Å²) in [5.41, 5.74) is 2.28. The number of nitrogens with one attached hydrogen (secondary N) is 2. The van der Waals surface area contributed by atoms with Gasteiger partial charge in [0.15, 0.2) is 0 Å². The number of likely N-dealkylation sites (tertiary alicyclic amines) is 1. The van der Waals surface area contributed by atoms with E-state index in [0.29, 0.717) is 12.5 Å². The summed E-state index contributed by atoms with van der Waals surface area (Å²) in [5, 5.41) is 10.5. The van der Waals surface area contributed by atoms with Gasteiger partial charge >= 0.3 is 0 Å². The van der Waals surface area contributed by atoms with E-state index in [2.05, 4.69) is 44.7 Å². The number of aromatic amines is 1. The van der Waals surface area contributed by atoms with Gasteiger partial charge in [-0.25, -0.2) is 0 Å². The highest BCUT2D eigenvalue weighted by Crippen LogP contribution is 2.41. The van der Waals surface area contributed by atoms with Crippen LogP contribution in [-0.2, 0) is 10.3 Å². The number of piperidine rings is 1. The van der Waals surface area contributed by atoms with E-state index in [1.54, 1.807) is 6.20 Å². The number of nitrogens with zero attached hydrogens (tertiary/aromatic N) is 2. The molecule has 1 aromatic carbocycles. The van der Waals surface area contributed by atoms with Gasteiger partial charge in [-0.3, -0.25) is 14.8 Å². The molecule has 0 radical (unpaired) electrons. The van der Waals surface area contributed by atoms with E-state index in [4.69, 9.17) is 0 Å². The van der Waals surface area contributed by atoms with E-state index in [0.717, 1.165) is 38.8 Å². The summed E-state index contributed by atoms with van der Waals surface area (Å²) in [6.45, 7) is 2.41. The maximum Gasteiger partial charge on any atom is 0.234 e. The lowest BCUT2D eigenvalue weighted by atomic mass is 9.72. The topological polar surface area (TPSA) is 61.0 Å². The maximum atomic E-state index is 12.7. The first-order valence-corrected chi connectivity index (χ1v) is 9.33. The second-order valence-electron chi connectivity index (χ2n) is 7.44. The molecule has 2 N–H and O–H groups in total. The molecular formula is C20H26N4O. The minimum absolute atomic E-state index is 0.142. The van der Waals surface area contributed by atoms with Gasteiger partial charge in [-0.2, -0.15) is 5.10 Å². The van der Waals surface area contributed by atoms with Crippen molar-refractivity contribution in [3.63, 3.8) is 0 Å². The molecule has 2 heterocycles. The lowest BCUT2D eigenvalue weighted by Gasteiger charge is -2.43. The zero-order valence-corrected chi connectivity index (χ0v) is 14.6. The summed E-state index contributed by atoms with van der Waals surface area (Å²) >= 11 is 0. The number of carbonyl (C=O) groups excluding carboxylic acids is 1. The van der Waals surface area contributed by atoms with Gasteiger partial charge in [0.1, 0.15) is 0 Å². The molecule has 2 fully saturated rings. The van der Waals surface area contributed by atoms with Crippen molar-refractivity contribution >= 4 is 5.91 Å². The third kappa shape index (κ3) is 3.47. The van der Waals surface area contributed by atoms with E-state index >= 15 is 0 Å². The van der Waals surface area contributed by atoms with E-state index in [9.17, 15) is 4.79 Å². The fourth-order valence-corrected chi connectivity index (χ4v) is 4.23. The Bertz CT molecular complexity index is 694. The van der Waals surface area contributed by atoms with Crippen LogP contribution < -0.4 is 5.32 Å². The highest BCUT2D eigenvalue weighted by molar-refractivity contribution is 5.79. The number of hydrogen-bond acceptors (Lipinski definition) is 3. The van der Waals surface area contributed by atoms with Gasteiger partial charge < -0.3 is 5.32 Å². The minimum atomic E-state index is -0.142. The Morgan fingerprint density at radius 1 is 1.24 bits per heavy atom. The second kappa shape index (κ2) is 7.00. The van der Waals surface area contributed by atoms with Crippen LogP contribution in [0.25, 0.3) is 0 Å². The van der Waals surface area contributed by atoms with Gasteiger partial charge in [0.25, 0.3) is 0 Å². The maximum absolute atomic E-state index is 12.7. The Morgan fingerprint density at radius 2 is 2.08 bits per heavy atom. The summed E-state index contributed by atoms with van der Waals surface area (Å²) in [5.74, 6) is 0.602. The van der Waals surface area contributed by atoms with Gasteiger partial charge in [0.2, 0.25) is 5.91 Å². The Hall–Kier alpha value is -2.14. The van der Waals surface area contributed by atoms with Crippen molar-refractivity contribution in [3.8, 4) is 0 Å². The fraction of sp³-hybridized carbons (Fsp3) is 0.500. The Labute approximate surface area is 148 Å². The first-order valence-electron chi connectivity index (χ1n) is 9.33. The quantitative estimate of drug-likeness (QED) is 0.881. The van der Waals surface area contributed by atoms with Crippen LogP contribution in [0.2, 0.25) is 0 Å². The summed E-state index contributed by atoms with van der Waals surface area (Å²) in [6, 6.07) is 12.5. The molecule has 132 valence electrons. The number of hydrogen-bond donors (Lipinski definition) is 2. The van der Waals surface area contributed by atoms with Gasteiger partial charge in [-0.15, -0.1) is 0 Å². The number of carbonyl (C=O) groups is 1. The van der Waals surface area contributed by atoms with E-state index in [-0.39, 0.29) is 11.4 Å². The number of benzene rings is 1. The molecule has 1 saturated carbocycles.